The molecule has 0 fully saturated rings. The standard InChI is InChI=1S/C21H18Cl2N2O4/c1-29-16-7-2-13(3-8-16)19-10-5-15(6-11-20(26)27)25(19)24-21(28)17-9-4-14(22)12-18(17)23/h2-5,7-10,12H,6,11H2,1H3,(H,24,28)(H,26,27). The molecule has 6 nitrogen and oxygen atoms in total. The van der Waals surface area contributed by atoms with Gasteiger partial charge in [-0.05, 0) is 54.6 Å². The Labute approximate surface area is 177 Å². The van der Waals surface area contributed by atoms with Crippen LogP contribution in [0.2, 0.25) is 10.0 Å². The van der Waals surface area contributed by atoms with Crippen LogP contribution in [0.4, 0.5) is 0 Å². The van der Waals surface area contributed by atoms with Gasteiger partial charge >= 0.3 is 5.97 Å². The summed E-state index contributed by atoms with van der Waals surface area (Å²) in [5, 5.41) is 9.68. The molecule has 0 saturated carbocycles. The smallest absolute Gasteiger partial charge is 0.303 e. The van der Waals surface area contributed by atoms with Gasteiger partial charge in [-0.15, -0.1) is 0 Å². The number of carboxylic acids is 1. The molecule has 0 bridgehead atoms. The summed E-state index contributed by atoms with van der Waals surface area (Å²) in [6.45, 7) is 0. The Morgan fingerprint density at radius 3 is 2.41 bits per heavy atom. The van der Waals surface area contributed by atoms with E-state index in [0.29, 0.717) is 22.2 Å². The van der Waals surface area contributed by atoms with Crippen molar-refractivity contribution in [1.29, 1.82) is 0 Å². The topological polar surface area (TPSA) is 80.6 Å². The van der Waals surface area contributed by atoms with Crippen molar-refractivity contribution in [2.45, 2.75) is 12.8 Å². The first-order chi connectivity index (χ1) is 13.9. The molecule has 0 saturated heterocycles. The zero-order valence-corrected chi connectivity index (χ0v) is 17.0. The first kappa shape index (κ1) is 20.8. The van der Waals surface area contributed by atoms with E-state index in [1.807, 2.05) is 30.3 Å². The van der Waals surface area contributed by atoms with Gasteiger partial charge in [0.05, 0.1) is 29.8 Å². The van der Waals surface area contributed by atoms with Crippen LogP contribution in [0.15, 0.2) is 54.6 Å². The largest absolute Gasteiger partial charge is 0.497 e. The molecule has 3 rings (SSSR count). The van der Waals surface area contributed by atoms with Gasteiger partial charge in [-0.2, -0.15) is 0 Å². The zero-order valence-electron chi connectivity index (χ0n) is 15.5. The van der Waals surface area contributed by atoms with Crippen LogP contribution in [0.3, 0.4) is 0 Å². The van der Waals surface area contributed by atoms with Gasteiger partial charge in [0.1, 0.15) is 5.75 Å². The molecule has 2 aromatic carbocycles. The average molecular weight is 433 g/mol. The fourth-order valence-corrected chi connectivity index (χ4v) is 3.36. The summed E-state index contributed by atoms with van der Waals surface area (Å²) >= 11 is 12.1. The molecular weight excluding hydrogens is 415 g/mol. The lowest BCUT2D eigenvalue weighted by Gasteiger charge is -2.16. The maximum Gasteiger partial charge on any atom is 0.303 e. The number of ether oxygens (including phenoxy) is 1. The van der Waals surface area contributed by atoms with Crippen molar-refractivity contribution in [3.05, 3.63) is 75.9 Å². The number of nitrogens with one attached hydrogen (secondary N) is 1. The lowest BCUT2D eigenvalue weighted by molar-refractivity contribution is -0.136. The number of aromatic nitrogens is 1. The molecule has 1 amide bonds. The summed E-state index contributed by atoms with van der Waals surface area (Å²) in [7, 11) is 1.58. The molecule has 0 aliphatic rings. The number of aryl methyl sites for hydroxylation is 1. The number of carbonyl (C=O) groups excluding carboxylic acids is 1. The van der Waals surface area contributed by atoms with Gasteiger partial charge in [-0.1, -0.05) is 23.2 Å². The van der Waals surface area contributed by atoms with E-state index in [1.165, 1.54) is 12.1 Å². The summed E-state index contributed by atoms with van der Waals surface area (Å²) in [5.74, 6) is -0.653. The summed E-state index contributed by atoms with van der Waals surface area (Å²) in [6.07, 6.45) is 0.184. The second kappa shape index (κ2) is 9.03. The summed E-state index contributed by atoms with van der Waals surface area (Å²) in [4.78, 5) is 23.8. The number of methoxy groups -OCH3 is 1. The molecule has 0 atom stereocenters. The van der Waals surface area contributed by atoms with Gasteiger partial charge in [0.25, 0.3) is 5.91 Å². The third kappa shape index (κ3) is 4.91. The number of benzene rings is 2. The minimum Gasteiger partial charge on any atom is -0.497 e. The van der Waals surface area contributed by atoms with E-state index in [4.69, 9.17) is 33.0 Å². The lowest BCUT2D eigenvalue weighted by atomic mass is 10.1. The van der Waals surface area contributed by atoms with Crippen molar-refractivity contribution in [2.24, 2.45) is 0 Å². The Kier molecular flexibility index (Phi) is 6.46. The highest BCUT2D eigenvalue weighted by atomic mass is 35.5. The molecule has 0 spiro atoms. The number of amides is 1. The van der Waals surface area contributed by atoms with Crippen molar-refractivity contribution in [2.75, 3.05) is 12.5 Å². The van der Waals surface area contributed by atoms with Crippen molar-refractivity contribution in [3.63, 3.8) is 0 Å². The van der Waals surface area contributed by atoms with E-state index in [-0.39, 0.29) is 23.4 Å². The molecule has 29 heavy (non-hydrogen) atoms. The maximum atomic E-state index is 12.8. The Bertz CT molecular complexity index is 1050. The van der Waals surface area contributed by atoms with Gasteiger partial charge < -0.3 is 9.84 Å². The number of rotatable bonds is 7. The number of nitrogens with zero attached hydrogens (tertiary/aromatic N) is 1. The van der Waals surface area contributed by atoms with E-state index < -0.39 is 11.9 Å². The molecule has 0 radical (unpaired) electrons. The van der Waals surface area contributed by atoms with E-state index in [0.717, 1.165) is 5.56 Å². The monoisotopic (exact) mass is 432 g/mol. The number of aliphatic carboxylic acids is 1. The molecular formula is C21H18Cl2N2O4. The van der Waals surface area contributed by atoms with Gasteiger partial charge in [-0.3, -0.25) is 19.7 Å². The molecule has 0 aliphatic heterocycles. The van der Waals surface area contributed by atoms with Crippen LogP contribution in [0.1, 0.15) is 22.5 Å². The number of hydrogen-bond donors (Lipinski definition) is 2. The maximum absolute atomic E-state index is 12.8. The predicted molar refractivity (Wildman–Crippen MR) is 113 cm³/mol. The van der Waals surface area contributed by atoms with E-state index in [2.05, 4.69) is 5.43 Å². The first-order valence-electron chi connectivity index (χ1n) is 8.72. The van der Waals surface area contributed by atoms with Crippen LogP contribution in [0, 0.1) is 0 Å². The van der Waals surface area contributed by atoms with Crippen LogP contribution in [-0.4, -0.2) is 28.8 Å². The molecule has 8 heteroatoms. The Morgan fingerprint density at radius 1 is 1.07 bits per heavy atom. The lowest BCUT2D eigenvalue weighted by Crippen LogP contribution is -2.25. The van der Waals surface area contributed by atoms with Gasteiger partial charge in [-0.25, -0.2) is 0 Å². The molecule has 2 N–H and O–H groups in total. The molecule has 1 aromatic heterocycles. The molecule has 0 unspecified atom stereocenters. The third-order valence-electron chi connectivity index (χ3n) is 4.33. The van der Waals surface area contributed by atoms with Crippen molar-refractivity contribution < 1.29 is 19.4 Å². The number of carbonyl (C=O) groups is 2. The van der Waals surface area contributed by atoms with E-state index >= 15 is 0 Å². The van der Waals surface area contributed by atoms with Crippen LogP contribution >= 0.6 is 23.2 Å². The fourth-order valence-electron chi connectivity index (χ4n) is 2.86. The number of halogens is 2. The molecule has 0 aliphatic carbocycles. The average Bonchev–Trinajstić information content (AvgIpc) is 3.08. The van der Waals surface area contributed by atoms with Crippen LogP contribution < -0.4 is 10.2 Å². The van der Waals surface area contributed by atoms with E-state index in [1.54, 1.807) is 23.9 Å². The first-order valence-corrected chi connectivity index (χ1v) is 9.48. The molecule has 150 valence electrons. The number of hydrogen-bond acceptors (Lipinski definition) is 3. The Balaban J connectivity index is 1.97. The van der Waals surface area contributed by atoms with Crippen molar-refractivity contribution in [1.82, 2.24) is 4.68 Å². The quantitative estimate of drug-likeness (QED) is 0.557. The second-order valence-electron chi connectivity index (χ2n) is 6.23. The predicted octanol–water partition coefficient (Wildman–Crippen LogP) is 4.87. The molecule has 1 heterocycles. The van der Waals surface area contributed by atoms with Crippen molar-refractivity contribution >= 4 is 35.1 Å². The summed E-state index contributed by atoms with van der Waals surface area (Å²) in [6, 6.07) is 15.5. The third-order valence-corrected chi connectivity index (χ3v) is 4.88. The fraction of sp³-hybridized carbons (Fsp3) is 0.143. The van der Waals surface area contributed by atoms with Crippen molar-refractivity contribution in [3.8, 4) is 17.0 Å². The van der Waals surface area contributed by atoms with Crippen LogP contribution in [0.25, 0.3) is 11.3 Å². The highest BCUT2D eigenvalue weighted by Crippen LogP contribution is 2.26. The Morgan fingerprint density at radius 2 is 1.79 bits per heavy atom. The minimum atomic E-state index is -0.921. The van der Waals surface area contributed by atoms with Gasteiger partial charge in [0.15, 0.2) is 0 Å². The van der Waals surface area contributed by atoms with Gasteiger partial charge in [0.2, 0.25) is 0 Å². The summed E-state index contributed by atoms with van der Waals surface area (Å²) < 4.78 is 6.76. The van der Waals surface area contributed by atoms with Gasteiger partial charge in [0, 0.05) is 22.7 Å². The minimum absolute atomic E-state index is 0.0658. The summed E-state index contributed by atoms with van der Waals surface area (Å²) in [5.41, 5.74) is 5.25. The highest BCUT2D eigenvalue weighted by molar-refractivity contribution is 6.37. The zero-order chi connectivity index (χ0) is 21.0. The molecule has 3 aromatic rings. The van der Waals surface area contributed by atoms with E-state index in [9.17, 15) is 9.59 Å². The SMILES string of the molecule is COc1ccc(-c2ccc(CCC(=O)O)n2NC(=O)c2ccc(Cl)cc2Cl)cc1. The van der Waals surface area contributed by atoms with Crippen LogP contribution in [0.5, 0.6) is 5.75 Å². The Hall–Kier alpha value is -2.96. The van der Waals surface area contributed by atoms with Crippen LogP contribution in [-0.2, 0) is 11.2 Å². The normalized spacial score (nSPS) is 10.6. The highest BCUT2D eigenvalue weighted by Gasteiger charge is 2.17. The number of carboxylic acid groups (broad SMARTS) is 1. The second-order valence-corrected chi connectivity index (χ2v) is 7.08.